The first-order valence-electron chi connectivity index (χ1n) is 6.90. The van der Waals surface area contributed by atoms with Gasteiger partial charge in [0, 0.05) is 18.2 Å². The van der Waals surface area contributed by atoms with Crippen LogP contribution in [-0.2, 0) is 12.8 Å². The third kappa shape index (κ3) is 1.86. The second-order valence-corrected chi connectivity index (χ2v) is 5.08. The van der Waals surface area contributed by atoms with Gasteiger partial charge >= 0.3 is 0 Å². The van der Waals surface area contributed by atoms with E-state index in [0.717, 1.165) is 66.2 Å². The average Bonchev–Trinajstić information content (AvgIpc) is 2.44. The van der Waals surface area contributed by atoms with Gasteiger partial charge in [-0.15, -0.1) is 0 Å². The number of carbonyl (C=O) groups excluding carboxylic acids is 1. The number of ether oxygens (including phenoxy) is 2. The molecule has 1 aromatic rings. The Hall–Kier alpha value is -1.71. The lowest BCUT2D eigenvalue weighted by atomic mass is 9.89. The zero-order valence-corrected chi connectivity index (χ0v) is 11.5. The molecule has 0 amide bonds. The number of ketones is 1. The first-order chi connectivity index (χ1) is 9.24. The molecule has 0 radical (unpaired) electrons. The van der Waals surface area contributed by atoms with Crippen molar-refractivity contribution in [3.8, 4) is 11.5 Å². The molecule has 4 nitrogen and oxygen atoms in total. The van der Waals surface area contributed by atoms with Crippen molar-refractivity contribution in [1.29, 1.82) is 0 Å². The summed E-state index contributed by atoms with van der Waals surface area (Å²) in [7, 11) is 1.90. The molecule has 102 valence electrons. The van der Waals surface area contributed by atoms with E-state index in [1.165, 1.54) is 0 Å². The molecule has 2 heterocycles. The predicted molar refractivity (Wildman–Crippen MR) is 73.6 cm³/mol. The molecule has 0 aromatic heterocycles. The van der Waals surface area contributed by atoms with Crippen LogP contribution in [0.15, 0.2) is 0 Å². The van der Waals surface area contributed by atoms with E-state index in [1.54, 1.807) is 6.92 Å². The zero-order chi connectivity index (χ0) is 13.4. The van der Waals surface area contributed by atoms with Crippen molar-refractivity contribution in [3.05, 3.63) is 16.7 Å². The first-order valence-corrected chi connectivity index (χ1v) is 6.90. The number of anilines is 1. The number of nitrogens with one attached hydrogen (secondary N) is 1. The van der Waals surface area contributed by atoms with Gasteiger partial charge in [0.1, 0.15) is 11.5 Å². The average molecular weight is 261 g/mol. The second-order valence-electron chi connectivity index (χ2n) is 5.08. The quantitative estimate of drug-likeness (QED) is 0.831. The molecule has 0 bridgehead atoms. The van der Waals surface area contributed by atoms with Crippen molar-refractivity contribution in [2.24, 2.45) is 0 Å². The maximum atomic E-state index is 12.0. The third-order valence-electron chi connectivity index (χ3n) is 3.84. The van der Waals surface area contributed by atoms with E-state index in [-0.39, 0.29) is 5.78 Å². The highest BCUT2D eigenvalue weighted by atomic mass is 16.5. The molecule has 0 fully saturated rings. The Balaban J connectivity index is 2.31. The van der Waals surface area contributed by atoms with Crippen molar-refractivity contribution in [2.45, 2.75) is 32.6 Å². The van der Waals surface area contributed by atoms with Crippen LogP contribution in [0.4, 0.5) is 5.69 Å². The van der Waals surface area contributed by atoms with Crippen LogP contribution in [0.3, 0.4) is 0 Å². The third-order valence-corrected chi connectivity index (χ3v) is 3.84. The molecule has 0 aliphatic carbocycles. The van der Waals surface area contributed by atoms with Crippen LogP contribution >= 0.6 is 0 Å². The van der Waals surface area contributed by atoms with Gasteiger partial charge in [0.05, 0.1) is 24.5 Å². The van der Waals surface area contributed by atoms with Gasteiger partial charge in [-0.05, 0) is 32.6 Å². The first kappa shape index (κ1) is 12.3. The lowest BCUT2D eigenvalue weighted by Crippen LogP contribution is -2.20. The Bertz CT molecular complexity index is 500. The molecule has 3 rings (SSSR count). The zero-order valence-electron chi connectivity index (χ0n) is 11.5. The molecule has 0 atom stereocenters. The molecule has 1 aromatic carbocycles. The van der Waals surface area contributed by atoms with Crippen molar-refractivity contribution in [1.82, 2.24) is 0 Å². The van der Waals surface area contributed by atoms with E-state index in [0.29, 0.717) is 6.61 Å². The van der Waals surface area contributed by atoms with E-state index >= 15 is 0 Å². The standard InChI is InChI=1S/C15H19NO3/c1-9(17)12-10-5-3-8-19-15(10)13(16-2)11-6-4-7-18-14(11)12/h16H,3-8H2,1-2H3. The molecule has 4 heteroatoms. The summed E-state index contributed by atoms with van der Waals surface area (Å²) < 4.78 is 11.6. The summed E-state index contributed by atoms with van der Waals surface area (Å²) in [5, 5.41) is 3.23. The maximum absolute atomic E-state index is 12.0. The minimum atomic E-state index is 0.0718. The fourth-order valence-corrected chi connectivity index (χ4v) is 3.08. The molecule has 19 heavy (non-hydrogen) atoms. The van der Waals surface area contributed by atoms with Crippen LogP contribution in [0.2, 0.25) is 0 Å². The Morgan fingerprint density at radius 2 is 1.68 bits per heavy atom. The minimum absolute atomic E-state index is 0.0718. The van der Waals surface area contributed by atoms with E-state index in [4.69, 9.17) is 9.47 Å². The monoisotopic (exact) mass is 261 g/mol. The van der Waals surface area contributed by atoms with Crippen molar-refractivity contribution in [2.75, 3.05) is 25.6 Å². The number of hydrogen-bond donors (Lipinski definition) is 1. The van der Waals surface area contributed by atoms with Crippen LogP contribution < -0.4 is 14.8 Å². The van der Waals surface area contributed by atoms with Crippen LogP contribution in [-0.4, -0.2) is 26.0 Å². The van der Waals surface area contributed by atoms with Crippen molar-refractivity contribution >= 4 is 11.5 Å². The fourth-order valence-electron chi connectivity index (χ4n) is 3.08. The lowest BCUT2D eigenvalue weighted by Gasteiger charge is -2.29. The Morgan fingerprint density at radius 3 is 2.32 bits per heavy atom. The van der Waals surface area contributed by atoms with Gasteiger partial charge in [-0.2, -0.15) is 0 Å². The molecule has 2 aliphatic heterocycles. The summed E-state index contributed by atoms with van der Waals surface area (Å²) in [6, 6.07) is 0. The largest absolute Gasteiger partial charge is 0.492 e. The predicted octanol–water partition coefficient (Wildman–Crippen LogP) is 2.58. The van der Waals surface area contributed by atoms with Crippen LogP contribution in [0.5, 0.6) is 11.5 Å². The van der Waals surface area contributed by atoms with Gasteiger partial charge in [0.2, 0.25) is 0 Å². The summed E-state index contributed by atoms with van der Waals surface area (Å²) >= 11 is 0. The smallest absolute Gasteiger partial charge is 0.163 e. The molecule has 0 saturated heterocycles. The molecular formula is C15H19NO3. The van der Waals surface area contributed by atoms with E-state index in [2.05, 4.69) is 5.32 Å². The van der Waals surface area contributed by atoms with Crippen LogP contribution in [0.25, 0.3) is 0 Å². The van der Waals surface area contributed by atoms with Gasteiger partial charge in [0.25, 0.3) is 0 Å². The highest BCUT2D eigenvalue weighted by Gasteiger charge is 2.30. The summed E-state index contributed by atoms with van der Waals surface area (Å²) in [6.45, 7) is 3.02. The molecule has 0 unspecified atom stereocenters. The number of hydrogen-bond acceptors (Lipinski definition) is 4. The van der Waals surface area contributed by atoms with Gasteiger partial charge in [-0.1, -0.05) is 0 Å². The Kier molecular flexibility index (Phi) is 3.09. The van der Waals surface area contributed by atoms with E-state index < -0.39 is 0 Å². The second kappa shape index (κ2) is 4.76. The minimum Gasteiger partial charge on any atom is -0.492 e. The lowest BCUT2D eigenvalue weighted by molar-refractivity contribution is 0.101. The molecular weight excluding hydrogens is 242 g/mol. The van der Waals surface area contributed by atoms with Gasteiger partial charge in [-0.3, -0.25) is 4.79 Å². The topological polar surface area (TPSA) is 47.6 Å². The van der Waals surface area contributed by atoms with Crippen LogP contribution in [0.1, 0.15) is 41.3 Å². The number of Topliss-reactive ketones (excluding diaryl/α,β-unsaturated/α-hetero) is 1. The number of fused-ring (bicyclic) bond motifs is 2. The number of carbonyl (C=O) groups is 1. The van der Waals surface area contributed by atoms with E-state index in [9.17, 15) is 4.79 Å². The van der Waals surface area contributed by atoms with Crippen molar-refractivity contribution < 1.29 is 14.3 Å². The molecule has 0 spiro atoms. The van der Waals surface area contributed by atoms with E-state index in [1.807, 2.05) is 7.05 Å². The molecule has 1 N–H and O–H groups in total. The van der Waals surface area contributed by atoms with Gasteiger partial charge < -0.3 is 14.8 Å². The summed E-state index contributed by atoms with van der Waals surface area (Å²) in [5.41, 5.74) is 3.86. The fraction of sp³-hybridized carbons (Fsp3) is 0.533. The summed E-state index contributed by atoms with van der Waals surface area (Å²) in [6.07, 6.45) is 3.75. The van der Waals surface area contributed by atoms with Crippen molar-refractivity contribution in [3.63, 3.8) is 0 Å². The maximum Gasteiger partial charge on any atom is 0.163 e. The molecule has 0 saturated carbocycles. The SMILES string of the molecule is CNc1c2c(c(C(C)=O)c3c1OCCC3)OCCC2. The highest BCUT2D eigenvalue weighted by molar-refractivity contribution is 6.01. The van der Waals surface area contributed by atoms with Crippen LogP contribution in [0, 0.1) is 0 Å². The summed E-state index contributed by atoms with van der Waals surface area (Å²) in [4.78, 5) is 12.0. The molecule has 2 aliphatic rings. The number of benzene rings is 1. The van der Waals surface area contributed by atoms with Gasteiger partial charge in [0.15, 0.2) is 5.78 Å². The van der Waals surface area contributed by atoms with Gasteiger partial charge in [-0.25, -0.2) is 0 Å². The highest BCUT2D eigenvalue weighted by Crippen LogP contribution is 2.46. The normalized spacial score (nSPS) is 16.7. The Labute approximate surface area is 113 Å². The Morgan fingerprint density at radius 1 is 1.05 bits per heavy atom. The summed E-state index contributed by atoms with van der Waals surface area (Å²) in [5.74, 6) is 1.72. The number of rotatable bonds is 2.